The quantitative estimate of drug-likeness (QED) is 0.718. The van der Waals surface area contributed by atoms with Crippen LogP contribution in [0.2, 0.25) is 0 Å². The minimum Gasteiger partial charge on any atom is -0.276 e. The molecule has 2 saturated heterocycles. The molecule has 0 aromatic heterocycles. The Labute approximate surface area is 116 Å². The van der Waals surface area contributed by atoms with Crippen LogP contribution in [0.15, 0.2) is 0 Å². The van der Waals surface area contributed by atoms with E-state index in [4.69, 9.17) is 0 Å². The summed E-state index contributed by atoms with van der Waals surface area (Å²) in [6.45, 7) is 12.5. The molecule has 2 amide bonds. The molecular formula is C16H27NO2. The van der Waals surface area contributed by atoms with Crippen molar-refractivity contribution in [3.05, 3.63) is 0 Å². The maximum absolute atomic E-state index is 12.8. The number of fused-ring (bicyclic) bond motifs is 3. The first-order valence-electron chi connectivity index (χ1n) is 7.32. The minimum absolute atomic E-state index is 0.0328. The molecule has 0 atom stereocenters. The van der Waals surface area contributed by atoms with Gasteiger partial charge in [0.1, 0.15) is 0 Å². The summed E-state index contributed by atoms with van der Waals surface area (Å²) in [4.78, 5) is 26.8. The van der Waals surface area contributed by atoms with Crippen LogP contribution in [0.1, 0.15) is 67.2 Å². The predicted octanol–water partition coefficient (Wildman–Crippen LogP) is 3.38. The molecule has 3 nitrogen and oxygen atoms in total. The molecule has 3 fully saturated rings. The highest BCUT2D eigenvalue weighted by Gasteiger charge is 2.55. The van der Waals surface area contributed by atoms with Gasteiger partial charge in [-0.3, -0.25) is 14.5 Å². The van der Waals surface area contributed by atoms with Crippen LogP contribution in [-0.4, -0.2) is 22.3 Å². The fraction of sp³-hybridized carbons (Fsp3) is 0.875. The summed E-state index contributed by atoms with van der Waals surface area (Å²) in [7, 11) is 0. The van der Waals surface area contributed by atoms with E-state index >= 15 is 0 Å². The van der Waals surface area contributed by atoms with Crippen molar-refractivity contribution in [2.75, 3.05) is 0 Å². The largest absolute Gasteiger partial charge is 0.276 e. The number of carbonyl (C=O) groups is 2. The van der Waals surface area contributed by atoms with E-state index < -0.39 is 5.54 Å². The Bertz CT molecular complexity index is 411. The van der Waals surface area contributed by atoms with E-state index in [2.05, 4.69) is 20.8 Å². The van der Waals surface area contributed by atoms with Crippen LogP contribution in [-0.2, 0) is 9.59 Å². The van der Waals surface area contributed by atoms with E-state index in [-0.39, 0.29) is 22.6 Å². The number of imide groups is 1. The second kappa shape index (κ2) is 4.07. The fourth-order valence-corrected chi connectivity index (χ4v) is 4.24. The van der Waals surface area contributed by atoms with E-state index in [0.29, 0.717) is 12.3 Å². The van der Waals surface area contributed by atoms with Crippen molar-refractivity contribution in [3.8, 4) is 0 Å². The Kier molecular flexibility index (Phi) is 3.11. The summed E-state index contributed by atoms with van der Waals surface area (Å²) in [5, 5.41) is 0. The third-order valence-corrected chi connectivity index (χ3v) is 4.48. The zero-order valence-corrected chi connectivity index (χ0v) is 13.2. The van der Waals surface area contributed by atoms with E-state index in [0.717, 1.165) is 19.3 Å². The zero-order valence-electron chi connectivity index (χ0n) is 13.2. The monoisotopic (exact) mass is 265 g/mol. The number of hydrogen-bond acceptors (Lipinski definition) is 2. The lowest BCUT2D eigenvalue weighted by Gasteiger charge is -2.45. The molecule has 3 heteroatoms. The Morgan fingerprint density at radius 3 is 2.16 bits per heavy atom. The first-order valence-corrected chi connectivity index (χ1v) is 7.32. The van der Waals surface area contributed by atoms with E-state index in [1.807, 2.05) is 20.8 Å². The number of rotatable bonds is 2. The molecule has 0 unspecified atom stereocenters. The highest BCUT2D eigenvalue weighted by atomic mass is 16.2. The second-order valence-corrected chi connectivity index (χ2v) is 8.62. The third-order valence-electron chi connectivity index (χ3n) is 4.48. The summed E-state index contributed by atoms with van der Waals surface area (Å²) >= 11 is 0. The van der Waals surface area contributed by atoms with Gasteiger partial charge in [-0.1, -0.05) is 27.7 Å². The molecule has 0 spiro atoms. The molecule has 2 bridgehead atoms. The van der Waals surface area contributed by atoms with Gasteiger partial charge in [-0.05, 0) is 44.4 Å². The predicted molar refractivity (Wildman–Crippen MR) is 75.5 cm³/mol. The summed E-state index contributed by atoms with van der Waals surface area (Å²) in [6.07, 6.45) is 3.16. The van der Waals surface area contributed by atoms with Crippen molar-refractivity contribution in [1.29, 1.82) is 0 Å². The molecule has 1 saturated carbocycles. The van der Waals surface area contributed by atoms with Crippen molar-refractivity contribution >= 4 is 11.8 Å². The topological polar surface area (TPSA) is 37.4 Å². The van der Waals surface area contributed by atoms with E-state index in [1.54, 1.807) is 4.90 Å². The average molecular weight is 265 g/mol. The fourth-order valence-electron chi connectivity index (χ4n) is 4.24. The Hall–Kier alpha value is -0.860. The Morgan fingerprint density at radius 2 is 1.68 bits per heavy atom. The molecule has 0 N–H and O–H groups in total. The molecule has 108 valence electrons. The van der Waals surface area contributed by atoms with Crippen molar-refractivity contribution in [1.82, 2.24) is 4.90 Å². The van der Waals surface area contributed by atoms with Gasteiger partial charge >= 0.3 is 0 Å². The first-order chi connectivity index (χ1) is 8.45. The molecular weight excluding hydrogens is 238 g/mol. The third kappa shape index (κ3) is 2.56. The molecule has 2 heterocycles. The smallest absolute Gasteiger partial charge is 0.235 e. The lowest BCUT2D eigenvalue weighted by molar-refractivity contribution is -0.158. The first kappa shape index (κ1) is 14.5. The van der Waals surface area contributed by atoms with Gasteiger partial charge in [-0.25, -0.2) is 0 Å². The molecule has 3 rings (SSSR count). The number of hydrogen-bond donors (Lipinski definition) is 0. The molecule has 19 heavy (non-hydrogen) atoms. The van der Waals surface area contributed by atoms with Crippen LogP contribution in [0.25, 0.3) is 0 Å². The van der Waals surface area contributed by atoms with Crippen LogP contribution < -0.4 is 0 Å². The number of nitrogens with zero attached hydrogens (tertiary/aromatic N) is 1. The molecule has 1 aliphatic carbocycles. The van der Waals surface area contributed by atoms with Crippen molar-refractivity contribution < 1.29 is 9.59 Å². The Morgan fingerprint density at radius 1 is 1.16 bits per heavy atom. The second-order valence-electron chi connectivity index (χ2n) is 8.62. The summed E-state index contributed by atoms with van der Waals surface area (Å²) in [5.74, 6) is 0.517. The van der Waals surface area contributed by atoms with Gasteiger partial charge in [0.25, 0.3) is 0 Å². The minimum atomic E-state index is -0.396. The van der Waals surface area contributed by atoms with Gasteiger partial charge in [0.2, 0.25) is 11.8 Å². The van der Waals surface area contributed by atoms with Crippen LogP contribution in [0.5, 0.6) is 0 Å². The SMILES string of the molecule is CC(C)(C)CC(C)(C)N1C(=O)CC2CC(C)(C2)C1=O. The van der Waals surface area contributed by atoms with Crippen LogP contribution in [0.4, 0.5) is 0 Å². The maximum atomic E-state index is 12.8. The zero-order chi connectivity index (χ0) is 14.6. The normalized spacial score (nSPS) is 32.1. The van der Waals surface area contributed by atoms with Gasteiger partial charge in [-0.2, -0.15) is 0 Å². The standard InChI is InChI=1S/C16H27NO2/c1-14(2,3)10-15(4,5)17-12(18)7-11-8-16(6,9-11)13(17)19/h11H,7-10H2,1-6H3. The maximum Gasteiger partial charge on any atom is 0.235 e. The van der Waals surface area contributed by atoms with E-state index in [1.165, 1.54) is 0 Å². The molecule has 0 aromatic carbocycles. The molecule has 0 radical (unpaired) electrons. The van der Waals surface area contributed by atoms with Gasteiger partial charge < -0.3 is 0 Å². The van der Waals surface area contributed by atoms with Crippen LogP contribution in [0, 0.1) is 16.7 Å². The molecule has 0 aromatic rings. The highest BCUT2D eigenvalue weighted by molar-refractivity contribution is 6.01. The summed E-state index contributed by atoms with van der Waals surface area (Å²) < 4.78 is 0. The molecule has 2 aliphatic heterocycles. The lowest BCUT2D eigenvalue weighted by atomic mass is 9.62. The van der Waals surface area contributed by atoms with Crippen LogP contribution >= 0.6 is 0 Å². The summed E-state index contributed by atoms with van der Waals surface area (Å²) in [5.41, 5.74) is -0.584. The van der Waals surface area contributed by atoms with Crippen LogP contribution in [0.3, 0.4) is 0 Å². The van der Waals surface area contributed by atoms with Gasteiger partial charge in [-0.15, -0.1) is 0 Å². The van der Waals surface area contributed by atoms with Gasteiger partial charge in [0.05, 0.1) is 0 Å². The number of carbonyl (C=O) groups excluding carboxylic acids is 2. The number of amides is 2. The van der Waals surface area contributed by atoms with Crippen molar-refractivity contribution in [3.63, 3.8) is 0 Å². The lowest BCUT2D eigenvalue weighted by Crippen LogP contribution is -2.56. The van der Waals surface area contributed by atoms with Crippen molar-refractivity contribution in [2.24, 2.45) is 16.7 Å². The highest BCUT2D eigenvalue weighted by Crippen LogP contribution is 2.52. The molecule has 3 aliphatic rings. The van der Waals surface area contributed by atoms with E-state index in [9.17, 15) is 9.59 Å². The average Bonchev–Trinajstić information content (AvgIpc) is 2.23. The van der Waals surface area contributed by atoms with Crippen molar-refractivity contribution in [2.45, 2.75) is 72.8 Å². The summed E-state index contributed by atoms with van der Waals surface area (Å²) in [6, 6.07) is 0. The van der Waals surface area contributed by atoms with Gasteiger partial charge in [0, 0.05) is 17.4 Å². The Balaban J connectivity index is 2.30. The van der Waals surface area contributed by atoms with Gasteiger partial charge in [0.15, 0.2) is 0 Å².